The number of ether oxygens (including phenoxy) is 1. The topological polar surface area (TPSA) is 68.3 Å². The van der Waals surface area contributed by atoms with E-state index in [2.05, 4.69) is 29.4 Å². The van der Waals surface area contributed by atoms with E-state index in [0.29, 0.717) is 23.8 Å². The van der Waals surface area contributed by atoms with Gasteiger partial charge in [0.2, 0.25) is 0 Å². The molecule has 1 N–H and O–H groups in total. The second-order valence-electron chi connectivity index (χ2n) is 6.05. The summed E-state index contributed by atoms with van der Waals surface area (Å²) in [6.07, 6.45) is 2.07. The Labute approximate surface area is 154 Å². The third kappa shape index (κ3) is 4.32. The number of para-hydroxylation sites is 1. The summed E-state index contributed by atoms with van der Waals surface area (Å²) in [7, 11) is -3.18. The van der Waals surface area contributed by atoms with Crippen molar-refractivity contribution >= 4 is 26.4 Å². The number of aryl methyl sites for hydroxylation is 1. The molecule has 0 fully saturated rings. The molecule has 3 rings (SSSR count). The molecule has 0 bridgehead atoms. The van der Waals surface area contributed by atoms with E-state index in [4.69, 9.17) is 4.74 Å². The van der Waals surface area contributed by atoms with Crippen molar-refractivity contribution in [2.24, 2.45) is 0 Å². The van der Waals surface area contributed by atoms with E-state index in [1.807, 2.05) is 18.2 Å². The molecule has 136 valence electrons. The number of benzene rings is 2. The fourth-order valence-electron chi connectivity index (χ4n) is 2.70. The first-order chi connectivity index (χ1) is 12.5. The molecule has 0 unspecified atom stereocenters. The number of fused-ring (bicyclic) bond motifs is 1. The Balaban J connectivity index is 1.63. The SMILES string of the molecule is CCc1cc(NCCOc2ccc(S(C)(=O)=O)cc2)c2ccccc2n1. The van der Waals surface area contributed by atoms with Gasteiger partial charge in [-0.25, -0.2) is 8.42 Å². The monoisotopic (exact) mass is 370 g/mol. The highest BCUT2D eigenvalue weighted by Gasteiger charge is 2.07. The molecule has 1 heterocycles. The van der Waals surface area contributed by atoms with Crippen LogP contribution < -0.4 is 10.1 Å². The molecule has 0 saturated carbocycles. The zero-order valence-electron chi connectivity index (χ0n) is 14.9. The number of anilines is 1. The van der Waals surface area contributed by atoms with E-state index in [-0.39, 0.29) is 0 Å². The maximum absolute atomic E-state index is 11.5. The first kappa shape index (κ1) is 18.2. The molecule has 0 aliphatic rings. The number of nitrogens with one attached hydrogen (secondary N) is 1. The summed E-state index contributed by atoms with van der Waals surface area (Å²) in [5, 5.41) is 4.49. The van der Waals surface area contributed by atoms with Gasteiger partial charge in [0.15, 0.2) is 9.84 Å². The lowest BCUT2D eigenvalue weighted by Gasteiger charge is -2.12. The van der Waals surface area contributed by atoms with Crippen LogP contribution in [-0.2, 0) is 16.3 Å². The molecule has 0 atom stereocenters. The van der Waals surface area contributed by atoms with E-state index in [9.17, 15) is 8.42 Å². The van der Waals surface area contributed by atoms with Gasteiger partial charge in [-0.05, 0) is 42.8 Å². The summed E-state index contributed by atoms with van der Waals surface area (Å²) in [5.41, 5.74) is 3.07. The van der Waals surface area contributed by atoms with Gasteiger partial charge in [0.05, 0.1) is 10.4 Å². The zero-order chi connectivity index (χ0) is 18.6. The van der Waals surface area contributed by atoms with Gasteiger partial charge in [0, 0.05) is 29.6 Å². The van der Waals surface area contributed by atoms with Gasteiger partial charge < -0.3 is 10.1 Å². The number of nitrogens with zero attached hydrogens (tertiary/aromatic N) is 1. The summed E-state index contributed by atoms with van der Waals surface area (Å²) < 4.78 is 28.6. The number of hydrogen-bond donors (Lipinski definition) is 1. The van der Waals surface area contributed by atoms with Crippen LogP contribution in [0.2, 0.25) is 0 Å². The summed E-state index contributed by atoms with van der Waals surface area (Å²) in [6, 6.07) is 16.6. The molecule has 0 saturated heterocycles. The first-order valence-corrected chi connectivity index (χ1v) is 10.4. The third-order valence-corrected chi connectivity index (χ3v) is 5.20. The smallest absolute Gasteiger partial charge is 0.175 e. The lowest BCUT2D eigenvalue weighted by Crippen LogP contribution is -2.12. The fraction of sp³-hybridized carbons (Fsp3) is 0.250. The Kier molecular flexibility index (Phi) is 5.42. The second-order valence-corrected chi connectivity index (χ2v) is 8.07. The van der Waals surface area contributed by atoms with Crippen LogP contribution in [0, 0.1) is 0 Å². The van der Waals surface area contributed by atoms with Crippen LogP contribution in [0.5, 0.6) is 5.75 Å². The van der Waals surface area contributed by atoms with Crippen LogP contribution in [0.15, 0.2) is 59.5 Å². The van der Waals surface area contributed by atoms with Crippen molar-refractivity contribution in [1.82, 2.24) is 4.98 Å². The minimum Gasteiger partial charge on any atom is -0.492 e. The molecular weight excluding hydrogens is 348 g/mol. The molecule has 2 aromatic carbocycles. The maximum atomic E-state index is 11.5. The number of rotatable bonds is 7. The Hall–Kier alpha value is -2.60. The van der Waals surface area contributed by atoms with Gasteiger partial charge in [-0.2, -0.15) is 0 Å². The minimum absolute atomic E-state index is 0.290. The predicted molar refractivity (Wildman–Crippen MR) is 105 cm³/mol. The molecule has 0 spiro atoms. The van der Waals surface area contributed by atoms with Crippen molar-refractivity contribution < 1.29 is 13.2 Å². The van der Waals surface area contributed by atoms with Crippen LogP contribution in [0.4, 0.5) is 5.69 Å². The van der Waals surface area contributed by atoms with Crippen LogP contribution in [0.25, 0.3) is 10.9 Å². The van der Waals surface area contributed by atoms with Gasteiger partial charge in [-0.1, -0.05) is 25.1 Å². The van der Waals surface area contributed by atoms with Gasteiger partial charge in [-0.15, -0.1) is 0 Å². The average molecular weight is 370 g/mol. The summed E-state index contributed by atoms with van der Waals surface area (Å²) in [4.78, 5) is 4.93. The Morgan fingerprint density at radius 2 is 1.81 bits per heavy atom. The van der Waals surface area contributed by atoms with E-state index in [0.717, 1.165) is 28.7 Å². The Bertz CT molecular complexity index is 999. The Morgan fingerprint density at radius 1 is 1.08 bits per heavy atom. The molecule has 5 nitrogen and oxygen atoms in total. The van der Waals surface area contributed by atoms with Crippen molar-refractivity contribution in [3.8, 4) is 5.75 Å². The van der Waals surface area contributed by atoms with Crippen molar-refractivity contribution in [2.75, 3.05) is 24.7 Å². The van der Waals surface area contributed by atoms with Gasteiger partial charge >= 0.3 is 0 Å². The largest absolute Gasteiger partial charge is 0.492 e. The third-order valence-electron chi connectivity index (χ3n) is 4.07. The summed E-state index contributed by atoms with van der Waals surface area (Å²) in [6.45, 7) is 3.19. The van der Waals surface area contributed by atoms with Crippen LogP contribution in [-0.4, -0.2) is 32.8 Å². The molecule has 0 aliphatic carbocycles. The minimum atomic E-state index is -3.18. The van der Waals surface area contributed by atoms with Gasteiger partial charge in [-0.3, -0.25) is 4.98 Å². The Morgan fingerprint density at radius 3 is 2.50 bits per heavy atom. The molecular formula is C20H22N2O3S. The molecule has 26 heavy (non-hydrogen) atoms. The van der Waals surface area contributed by atoms with Crippen LogP contribution in [0.3, 0.4) is 0 Å². The molecule has 0 amide bonds. The van der Waals surface area contributed by atoms with E-state index in [1.54, 1.807) is 24.3 Å². The van der Waals surface area contributed by atoms with Crippen molar-refractivity contribution in [1.29, 1.82) is 0 Å². The van der Waals surface area contributed by atoms with Gasteiger partial charge in [0.25, 0.3) is 0 Å². The maximum Gasteiger partial charge on any atom is 0.175 e. The number of hydrogen-bond acceptors (Lipinski definition) is 5. The normalized spacial score (nSPS) is 11.5. The summed E-state index contributed by atoms with van der Waals surface area (Å²) >= 11 is 0. The lowest BCUT2D eigenvalue weighted by atomic mass is 10.1. The highest BCUT2D eigenvalue weighted by atomic mass is 32.2. The van der Waals surface area contributed by atoms with Crippen molar-refractivity contribution in [3.05, 3.63) is 60.3 Å². The highest BCUT2D eigenvalue weighted by molar-refractivity contribution is 7.90. The van der Waals surface area contributed by atoms with Crippen LogP contribution in [0.1, 0.15) is 12.6 Å². The van der Waals surface area contributed by atoms with Crippen LogP contribution >= 0.6 is 0 Å². The average Bonchev–Trinajstić information content (AvgIpc) is 2.64. The van der Waals surface area contributed by atoms with E-state index >= 15 is 0 Å². The number of sulfone groups is 1. The predicted octanol–water partition coefficient (Wildman–Crippen LogP) is 3.69. The van der Waals surface area contributed by atoms with Gasteiger partial charge in [0.1, 0.15) is 12.4 Å². The second kappa shape index (κ2) is 7.74. The quantitative estimate of drug-likeness (QED) is 0.643. The first-order valence-electron chi connectivity index (χ1n) is 8.53. The summed E-state index contributed by atoms with van der Waals surface area (Å²) in [5.74, 6) is 0.646. The van der Waals surface area contributed by atoms with E-state index in [1.165, 1.54) is 6.26 Å². The lowest BCUT2D eigenvalue weighted by molar-refractivity contribution is 0.332. The van der Waals surface area contributed by atoms with Crippen molar-refractivity contribution in [2.45, 2.75) is 18.2 Å². The molecule has 6 heteroatoms. The molecule has 3 aromatic rings. The standard InChI is InChI=1S/C20H22N2O3S/c1-3-15-14-20(18-6-4-5-7-19(18)22-15)21-12-13-25-16-8-10-17(11-9-16)26(2,23)24/h4-11,14H,3,12-13H2,1-2H3,(H,21,22). The fourth-order valence-corrected chi connectivity index (χ4v) is 3.33. The zero-order valence-corrected chi connectivity index (χ0v) is 15.7. The van der Waals surface area contributed by atoms with Crippen molar-refractivity contribution in [3.63, 3.8) is 0 Å². The molecule has 1 aromatic heterocycles. The highest BCUT2D eigenvalue weighted by Crippen LogP contribution is 2.23. The molecule has 0 radical (unpaired) electrons. The number of pyridine rings is 1. The number of aromatic nitrogens is 1. The molecule has 0 aliphatic heterocycles. The van der Waals surface area contributed by atoms with E-state index < -0.39 is 9.84 Å².